The largest absolute Gasteiger partial charge is 0.472 e. The second kappa shape index (κ2) is 5.04. The van der Waals surface area contributed by atoms with E-state index in [1.807, 2.05) is 6.92 Å². The SMILES string of the molecule is Cc1ccc(S(=O)(=O)N2CCC(c3ccoc3)C2=O)cc1. The number of carbonyl (C=O) groups is 1. The fourth-order valence-corrected chi connectivity index (χ4v) is 3.96. The molecule has 1 unspecified atom stereocenters. The topological polar surface area (TPSA) is 67.6 Å². The highest BCUT2D eigenvalue weighted by Crippen LogP contribution is 2.32. The first kappa shape index (κ1) is 13.9. The molecule has 6 heteroatoms. The number of furan rings is 1. The molecule has 2 heterocycles. The van der Waals surface area contributed by atoms with Gasteiger partial charge in [-0.25, -0.2) is 12.7 Å². The molecule has 0 N–H and O–H groups in total. The molecule has 2 aromatic rings. The Balaban J connectivity index is 1.91. The molecule has 3 rings (SSSR count). The second-order valence-corrected chi connectivity index (χ2v) is 6.99. The van der Waals surface area contributed by atoms with E-state index in [1.54, 1.807) is 18.2 Å². The molecule has 0 saturated carbocycles. The Hall–Kier alpha value is -2.08. The minimum atomic E-state index is -3.78. The lowest BCUT2D eigenvalue weighted by atomic mass is 10.0. The summed E-state index contributed by atoms with van der Waals surface area (Å²) in [6.07, 6.45) is 3.45. The summed E-state index contributed by atoms with van der Waals surface area (Å²) in [6, 6.07) is 8.21. The first-order chi connectivity index (χ1) is 10.00. The van der Waals surface area contributed by atoms with Crippen LogP contribution in [0.15, 0.2) is 52.2 Å². The molecule has 0 aliphatic carbocycles. The maximum absolute atomic E-state index is 12.6. The summed E-state index contributed by atoms with van der Waals surface area (Å²) in [7, 11) is -3.78. The number of carbonyl (C=O) groups excluding carboxylic acids is 1. The van der Waals surface area contributed by atoms with E-state index >= 15 is 0 Å². The van der Waals surface area contributed by atoms with Crippen molar-refractivity contribution in [3.05, 3.63) is 54.0 Å². The van der Waals surface area contributed by atoms with Crippen molar-refractivity contribution < 1.29 is 17.6 Å². The van der Waals surface area contributed by atoms with Gasteiger partial charge in [0.25, 0.3) is 10.0 Å². The molecule has 0 spiro atoms. The third kappa shape index (κ3) is 2.35. The van der Waals surface area contributed by atoms with Crippen LogP contribution >= 0.6 is 0 Å². The van der Waals surface area contributed by atoms with E-state index in [0.717, 1.165) is 15.4 Å². The Kier molecular flexibility index (Phi) is 3.33. The number of sulfonamides is 1. The predicted octanol–water partition coefficient (Wildman–Crippen LogP) is 2.29. The molecule has 110 valence electrons. The van der Waals surface area contributed by atoms with Crippen LogP contribution in [0.4, 0.5) is 0 Å². The van der Waals surface area contributed by atoms with Crippen LogP contribution in [0.3, 0.4) is 0 Å². The number of rotatable bonds is 3. The average molecular weight is 305 g/mol. The number of amides is 1. The predicted molar refractivity (Wildman–Crippen MR) is 76.1 cm³/mol. The van der Waals surface area contributed by atoms with Crippen molar-refractivity contribution in [1.29, 1.82) is 0 Å². The van der Waals surface area contributed by atoms with Crippen LogP contribution in [0.1, 0.15) is 23.5 Å². The van der Waals surface area contributed by atoms with Crippen molar-refractivity contribution in [2.24, 2.45) is 0 Å². The minimum Gasteiger partial charge on any atom is -0.472 e. The van der Waals surface area contributed by atoms with Crippen molar-refractivity contribution in [2.45, 2.75) is 24.2 Å². The number of nitrogens with zero attached hydrogens (tertiary/aromatic N) is 1. The van der Waals surface area contributed by atoms with E-state index in [9.17, 15) is 13.2 Å². The van der Waals surface area contributed by atoms with Gasteiger partial charge in [0.15, 0.2) is 0 Å². The summed E-state index contributed by atoms with van der Waals surface area (Å²) < 4.78 is 31.0. The second-order valence-electron chi connectivity index (χ2n) is 5.13. The molecule has 1 aromatic carbocycles. The lowest BCUT2D eigenvalue weighted by Crippen LogP contribution is -2.33. The molecule has 1 fully saturated rings. The lowest BCUT2D eigenvalue weighted by Gasteiger charge is -2.17. The zero-order valence-corrected chi connectivity index (χ0v) is 12.3. The van der Waals surface area contributed by atoms with Crippen LogP contribution in [0.5, 0.6) is 0 Å². The van der Waals surface area contributed by atoms with Gasteiger partial charge in [0, 0.05) is 12.1 Å². The van der Waals surface area contributed by atoms with Gasteiger partial charge in [-0.15, -0.1) is 0 Å². The van der Waals surface area contributed by atoms with E-state index in [4.69, 9.17) is 4.42 Å². The summed E-state index contributed by atoms with van der Waals surface area (Å²) in [5, 5.41) is 0. The Labute approximate surface area is 123 Å². The number of benzene rings is 1. The molecule has 0 radical (unpaired) electrons. The molecule has 1 aliphatic heterocycles. The third-order valence-corrected chi connectivity index (χ3v) is 5.53. The highest BCUT2D eigenvalue weighted by atomic mass is 32.2. The van der Waals surface area contributed by atoms with Crippen molar-refractivity contribution in [1.82, 2.24) is 4.31 Å². The van der Waals surface area contributed by atoms with Crippen LogP contribution in [-0.4, -0.2) is 25.2 Å². The first-order valence-electron chi connectivity index (χ1n) is 6.65. The first-order valence-corrected chi connectivity index (χ1v) is 8.09. The molecule has 1 amide bonds. The van der Waals surface area contributed by atoms with Gasteiger partial charge in [-0.3, -0.25) is 4.79 Å². The summed E-state index contributed by atoms with van der Waals surface area (Å²) in [5.41, 5.74) is 1.69. The van der Waals surface area contributed by atoms with Crippen LogP contribution < -0.4 is 0 Å². The van der Waals surface area contributed by atoms with Crippen LogP contribution in [0.25, 0.3) is 0 Å². The minimum absolute atomic E-state index is 0.147. The number of aryl methyl sites for hydroxylation is 1. The van der Waals surface area contributed by atoms with Gasteiger partial charge in [0.2, 0.25) is 5.91 Å². The van der Waals surface area contributed by atoms with Crippen LogP contribution in [0.2, 0.25) is 0 Å². The van der Waals surface area contributed by atoms with Gasteiger partial charge in [-0.1, -0.05) is 17.7 Å². The Morgan fingerprint density at radius 3 is 2.52 bits per heavy atom. The normalized spacial score (nSPS) is 19.2. The van der Waals surface area contributed by atoms with E-state index < -0.39 is 21.8 Å². The van der Waals surface area contributed by atoms with Crippen LogP contribution in [-0.2, 0) is 14.8 Å². The Morgan fingerprint density at radius 2 is 1.90 bits per heavy atom. The molecule has 1 saturated heterocycles. The number of hydrogen-bond donors (Lipinski definition) is 0. The molecular formula is C15H15NO4S. The van der Waals surface area contributed by atoms with Crippen LogP contribution in [0, 0.1) is 6.92 Å². The van der Waals surface area contributed by atoms with Gasteiger partial charge in [-0.2, -0.15) is 0 Å². The lowest BCUT2D eigenvalue weighted by molar-refractivity contribution is -0.124. The quantitative estimate of drug-likeness (QED) is 0.872. The highest BCUT2D eigenvalue weighted by molar-refractivity contribution is 7.89. The average Bonchev–Trinajstić information content (AvgIpc) is 3.08. The van der Waals surface area contributed by atoms with Gasteiger partial charge >= 0.3 is 0 Å². The summed E-state index contributed by atoms with van der Waals surface area (Å²) in [5.74, 6) is -0.832. The summed E-state index contributed by atoms with van der Waals surface area (Å²) in [4.78, 5) is 12.5. The van der Waals surface area contributed by atoms with Gasteiger partial charge in [0.1, 0.15) is 0 Å². The molecule has 21 heavy (non-hydrogen) atoms. The Bertz CT molecular complexity index is 747. The fourth-order valence-electron chi connectivity index (χ4n) is 2.51. The summed E-state index contributed by atoms with van der Waals surface area (Å²) >= 11 is 0. The number of hydrogen-bond acceptors (Lipinski definition) is 4. The molecule has 1 atom stereocenters. The van der Waals surface area contributed by atoms with E-state index in [0.29, 0.717) is 6.42 Å². The Morgan fingerprint density at radius 1 is 1.19 bits per heavy atom. The molecule has 5 nitrogen and oxygen atoms in total. The van der Waals surface area contributed by atoms with Crippen molar-refractivity contribution in [3.8, 4) is 0 Å². The van der Waals surface area contributed by atoms with Gasteiger partial charge in [-0.05, 0) is 31.5 Å². The van der Waals surface area contributed by atoms with E-state index in [2.05, 4.69) is 0 Å². The van der Waals surface area contributed by atoms with Crippen molar-refractivity contribution in [3.63, 3.8) is 0 Å². The standard InChI is InChI=1S/C15H15NO4S/c1-11-2-4-13(5-3-11)21(18,19)16-8-6-14(15(16)17)12-7-9-20-10-12/h2-5,7,9-10,14H,6,8H2,1H3. The molecule has 0 bridgehead atoms. The van der Waals surface area contributed by atoms with E-state index in [-0.39, 0.29) is 11.4 Å². The van der Waals surface area contributed by atoms with E-state index in [1.165, 1.54) is 24.7 Å². The van der Waals surface area contributed by atoms with Gasteiger partial charge in [0.05, 0.1) is 23.3 Å². The maximum atomic E-state index is 12.6. The smallest absolute Gasteiger partial charge is 0.266 e. The fraction of sp³-hybridized carbons (Fsp3) is 0.267. The summed E-state index contributed by atoms with van der Waals surface area (Å²) in [6.45, 7) is 2.08. The van der Waals surface area contributed by atoms with Crippen molar-refractivity contribution in [2.75, 3.05) is 6.54 Å². The third-order valence-electron chi connectivity index (χ3n) is 3.72. The zero-order valence-electron chi connectivity index (χ0n) is 11.5. The molecular weight excluding hydrogens is 290 g/mol. The zero-order chi connectivity index (χ0) is 15.0. The van der Waals surface area contributed by atoms with Crippen molar-refractivity contribution >= 4 is 15.9 Å². The molecule has 1 aliphatic rings. The molecule has 1 aromatic heterocycles. The van der Waals surface area contributed by atoms with Gasteiger partial charge < -0.3 is 4.42 Å². The highest BCUT2D eigenvalue weighted by Gasteiger charge is 2.40. The maximum Gasteiger partial charge on any atom is 0.266 e. The monoisotopic (exact) mass is 305 g/mol.